The van der Waals surface area contributed by atoms with Crippen molar-refractivity contribution in [2.24, 2.45) is 10.9 Å². The first-order valence-corrected chi connectivity index (χ1v) is 3.74. The molecule has 0 spiro atoms. The molecule has 16 heavy (non-hydrogen) atoms. The zero-order chi connectivity index (χ0) is 12.9. The van der Waals surface area contributed by atoms with Gasteiger partial charge in [0.25, 0.3) is 0 Å². The molecule has 102 valence electrons. The van der Waals surface area contributed by atoms with E-state index in [0.29, 0.717) is 5.92 Å². The number of hydrogen-bond donors (Lipinski definition) is 0. The smallest absolute Gasteiger partial charge is 0.170 e. The average molecular weight is 261 g/mol. The van der Waals surface area contributed by atoms with Crippen molar-refractivity contribution in [2.45, 2.75) is 26.4 Å². The van der Waals surface area contributed by atoms with Crippen molar-refractivity contribution < 1.29 is 36.9 Å². The molecule has 0 saturated carbocycles. The second-order valence-electron chi connectivity index (χ2n) is 3.03. The summed E-state index contributed by atoms with van der Waals surface area (Å²) in [5.74, 6) is 0.542. The third-order valence-electron chi connectivity index (χ3n) is 2.02. The molecule has 1 aliphatic heterocycles. The normalized spacial score (nSPS) is 19.9. The molecule has 0 fully saturated rings. The van der Waals surface area contributed by atoms with Crippen LogP contribution in [-0.4, -0.2) is 18.5 Å². The Labute approximate surface area is 88.3 Å². The number of halogens is 7. The minimum Gasteiger partial charge on any atom is -0.475 e. The molecule has 0 N–H and O–H groups in total. The third-order valence-corrected chi connectivity index (χ3v) is 2.02. The van der Waals surface area contributed by atoms with Gasteiger partial charge in [-0.2, -0.15) is 0 Å². The van der Waals surface area contributed by atoms with Gasteiger partial charge in [0.2, 0.25) is 0 Å². The molecular weight excluding hydrogens is 247 g/mol. The monoisotopic (exact) mass is 261 g/mol. The number of ether oxygens (including phenoxy) is 1. The number of aliphatic imine (C=N–C) groups is 1. The Morgan fingerprint density at radius 3 is 1.62 bits per heavy atom. The predicted molar refractivity (Wildman–Crippen MR) is 46.8 cm³/mol. The van der Waals surface area contributed by atoms with Gasteiger partial charge in [-0.25, -0.2) is 0 Å². The second kappa shape index (κ2) is 16.4. The van der Waals surface area contributed by atoms with Crippen LogP contribution in [0.15, 0.2) is 4.99 Å². The number of nitrogens with zero attached hydrogens (tertiary/aromatic N) is 1. The minimum absolute atomic E-state index is 0. The highest BCUT2D eigenvalue weighted by molar-refractivity contribution is 5.50. The summed E-state index contributed by atoms with van der Waals surface area (Å²) < 4.78 is 53.3. The van der Waals surface area contributed by atoms with Gasteiger partial charge in [-0.15, -0.1) is 0 Å². The molecule has 1 unspecified atom stereocenters. The highest BCUT2D eigenvalue weighted by Crippen LogP contribution is 2.23. The van der Waals surface area contributed by atoms with Gasteiger partial charge >= 0.3 is 0 Å². The Hall–Kier alpha value is -1.02. The van der Waals surface area contributed by atoms with Crippen molar-refractivity contribution in [1.82, 2.24) is 0 Å². The van der Waals surface area contributed by atoms with E-state index in [1.807, 2.05) is 0 Å². The predicted octanol–water partition coefficient (Wildman–Crippen LogP) is 4.13. The fourth-order valence-electron chi connectivity index (χ4n) is 0.732. The summed E-state index contributed by atoms with van der Waals surface area (Å²) in [6.07, 6.45) is 1.56. The van der Waals surface area contributed by atoms with Crippen molar-refractivity contribution in [1.29, 1.82) is 0 Å². The maximum absolute atomic E-state index is 8.00. The lowest BCUT2D eigenvalue weighted by atomic mass is 9.93. The lowest BCUT2D eigenvalue weighted by molar-refractivity contribution is 0.0643. The van der Waals surface area contributed by atoms with Crippen LogP contribution in [0, 0.1) is 5.92 Å². The van der Waals surface area contributed by atoms with E-state index in [4.69, 9.17) is 32.2 Å². The van der Waals surface area contributed by atoms with Crippen LogP contribution in [0.25, 0.3) is 0 Å². The molecule has 1 heterocycles. The highest BCUT2D eigenvalue weighted by Gasteiger charge is 2.31. The molecule has 0 aliphatic carbocycles. The van der Waals surface area contributed by atoms with Gasteiger partial charge in [-0.05, 0) is 12.8 Å². The molecule has 1 aliphatic rings. The lowest BCUT2D eigenvalue weighted by Gasteiger charge is -2.26. The summed E-state index contributed by atoms with van der Waals surface area (Å²) in [5, 5.41) is 0. The van der Waals surface area contributed by atoms with E-state index in [2.05, 4.69) is 25.8 Å². The van der Waals surface area contributed by atoms with E-state index >= 15 is 0 Å². The van der Waals surface area contributed by atoms with Gasteiger partial charge in [0.15, 0.2) is 6.40 Å². The fraction of sp³-hybridized carbons (Fsp3) is 0.857. The maximum atomic E-state index is 8.00. The Morgan fingerprint density at radius 2 is 1.50 bits per heavy atom. The van der Waals surface area contributed by atoms with Crippen LogP contribution in [0.2, 0.25) is 0 Å². The molecule has 0 radical (unpaired) electrons. The minimum atomic E-state index is -0.0278. The van der Waals surface area contributed by atoms with Crippen LogP contribution >= 0.6 is 0 Å². The largest absolute Gasteiger partial charge is 0.475 e. The lowest BCUT2D eigenvalue weighted by Crippen LogP contribution is -2.33. The summed E-state index contributed by atoms with van der Waals surface area (Å²) in [6.45, 7) is 7.19. The van der Waals surface area contributed by atoms with Crippen molar-refractivity contribution in [3.8, 4) is 0 Å². The SMILES string of the molecule is CC(C)C1(C)CN=CO1.F.FF.FF.FF. The summed E-state index contributed by atoms with van der Waals surface area (Å²) in [7, 11) is 0. The van der Waals surface area contributed by atoms with Crippen molar-refractivity contribution >= 4 is 6.40 Å². The molecule has 1 atom stereocenters. The third kappa shape index (κ3) is 9.53. The van der Waals surface area contributed by atoms with Crippen LogP contribution in [0.3, 0.4) is 0 Å². The molecule has 0 aromatic carbocycles. The fourth-order valence-corrected chi connectivity index (χ4v) is 0.732. The van der Waals surface area contributed by atoms with Gasteiger partial charge in [0.05, 0.1) is 6.54 Å². The molecule has 9 heteroatoms. The molecule has 0 saturated heterocycles. The molecular formula is C7H14F7NO. The molecule has 1 rings (SSSR count). The van der Waals surface area contributed by atoms with Gasteiger partial charge in [-0.3, -0.25) is 9.70 Å². The van der Waals surface area contributed by atoms with E-state index in [1.165, 1.54) is 0 Å². The standard InChI is InChI=1S/C7H13NO.3F2.FH/c1-6(2)7(3)4-8-5-9-7;3*1-2;/h5-6H,4H2,1-3H3;;;;1H. The maximum Gasteiger partial charge on any atom is 0.170 e. The van der Waals surface area contributed by atoms with Crippen molar-refractivity contribution in [2.75, 3.05) is 6.54 Å². The van der Waals surface area contributed by atoms with Gasteiger partial charge in [0, 0.05) is 27.4 Å². The highest BCUT2D eigenvalue weighted by atomic mass is 20.0. The average Bonchev–Trinajstić information content (AvgIpc) is 2.75. The Bertz CT molecular complexity index is 137. The van der Waals surface area contributed by atoms with Crippen molar-refractivity contribution in [3.05, 3.63) is 0 Å². The van der Waals surface area contributed by atoms with E-state index in [0.717, 1.165) is 6.54 Å². The van der Waals surface area contributed by atoms with Crippen LogP contribution in [0.1, 0.15) is 20.8 Å². The molecule has 0 aromatic heterocycles. The van der Waals surface area contributed by atoms with Crippen LogP contribution in [-0.2, 0) is 4.74 Å². The number of hydrogen-bond acceptors (Lipinski definition) is 2. The first-order chi connectivity index (χ1) is 7.15. The van der Waals surface area contributed by atoms with Gasteiger partial charge in [-0.1, -0.05) is 13.8 Å². The van der Waals surface area contributed by atoms with E-state index in [9.17, 15) is 0 Å². The summed E-state index contributed by atoms with van der Waals surface area (Å²) >= 11 is 0. The van der Waals surface area contributed by atoms with E-state index in [-0.39, 0.29) is 10.3 Å². The van der Waals surface area contributed by atoms with Gasteiger partial charge < -0.3 is 4.74 Å². The molecule has 2 nitrogen and oxygen atoms in total. The first-order valence-electron chi connectivity index (χ1n) is 3.74. The Morgan fingerprint density at radius 1 is 1.12 bits per heavy atom. The molecule has 0 amide bonds. The summed E-state index contributed by atoms with van der Waals surface area (Å²) in [4.78, 5) is 4.01. The zero-order valence-corrected chi connectivity index (χ0v) is 8.89. The summed E-state index contributed by atoms with van der Waals surface area (Å²) in [6, 6.07) is 0. The Kier molecular flexibility index (Phi) is 24.9. The first kappa shape index (κ1) is 24.3. The van der Waals surface area contributed by atoms with Crippen LogP contribution in [0.5, 0.6) is 0 Å². The zero-order valence-electron chi connectivity index (χ0n) is 8.89. The number of rotatable bonds is 1. The molecule has 0 aromatic rings. The quantitative estimate of drug-likeness (QED) is 0.650. The Balaban J connectivity index is -0.0000000900. The van der Waals surface area contributed by atoms with Crippen LogP contribution < -0.4 is 0 Å². The van der Waals surface area contributed by atoms with Gasteiger partial charge in [0.1, 0.15) is 5.60 Å². The topological polar surface area (TPSA) is 21.6 Å². The van der Waals surface area contributed by atoms with E-state index in [1.54, 1.807) is 6.40 Å². The van der Waals surface area contributed by atoms with Crippen molar-refractivity contribution in [3.63, 3.8) is 0 Å². The molecule has 0 bridgehead atoms. The summed E-state index contributed by atoms with van der Waals surface area (Å²) in [5.41, 5.74) is -0.0278. The van der Waals surface area contributed by atoms with E-state index < -0.39 is 0 Å². The van der Waals surface area contributed by atoms with Crippen LogP contribution in [0.4, 0.5) is 32.1 Å². The second-order valence-corrected chi connectivity index (χ2v) is 3.03.